The second kappa shape index (κ2) is 8.51. The molecule has 0 bridgehead atoms. The molecule has 4 N–H and O–H groups in total. The van der Waals surface area contributed by atoms with E-state index in [1.54, 1.807) is 6.92 Å². The number of nitrogens with two attached hydrogens (primary N) is 1. The Bertz CT molecular complexity index is 280. The number of nitrogens with one attached hydrogen (secondary N) is 1. The molecule has 7 heteroatoms. The van der Waals surface area contributed by atoms with Gasteiger partial charge in [0.25, 0.3) is 0 Å². The van der Waals surface area contributed by atoms with E-state index >= 15 is 0 Å². The third kappa shape index (κ3) is 8.21. The van der Waals surface area contributed by atoms with Crippen LogP contribution in [-0.2, 0) is 19.1 Å². The number of rotatable bonds is 8. The van der Waals surface area contributed by atoms with Crippen LogP contribution in [0.4, 0.5) is 0 Å². The van der Waals surface area contributed by atoms with E-state index in [0.717, 1.165) is 0 Å². The topological polar surface area (TPSA) is 119 Å². The van der Waals surface area contributed by atoms with E-state index in [1.165, 1.54) is 0 Å². The summed E-state index contributed by atoms with van der Waals surface area (Å²) in [5.41, 5.74) is 5.45. The van der Waals surface area contributed by atoms with Crippen LogP contribution in [0.25, 0.3) is 0 Å². The molecule has 7 nitrogen and oxygen atoms in total. The van der Waals surface area contributed by atoms with Crippen molar-refractivity contribution < 1.29 is 24.2 Å². The molecule has 0 saturated carbocycles. The van der Waals surface area contributed by atoms with Crippen LogP contribution in [0.3, 0.4) is 0 Å². The number of amides is 1. The molecule has 0 aromatic rings. The zero-order valence-corrected chi connectivity index (χ0v) is 9.77. The minimum absolute atomic E-state index is 0.0700. The number of aliphatic carboxylic acids is 1. The SMILES string of the molecule is CCOC(=O)CCNC(=O)C(N)CCC(=O)O. The summed E-state index contributed by atoms with van der Waals surface area (Å²) in [6, 6.07) is -0.867. The molecule has 0 heterocycles. The van der Waals surface area contributed by atoms with E-state index in [-0.39, 0.29) is 25.8 Å². The van der Waals surface area contributed by atoms with Gasteiger partial charge in [0.15, 0.2) is 0 Å². The fraction of sp³-hybridized carbons (Fsp3) is 0.700. The Hall–Kier alpha value is -1.63. The summed E-state index contributed by atoms with van der Waals surface area (Å²) in [5.74, 6) is -1.86. The molecule has 0 spiro atoms. The van der Waals surface area contributed by atoms with Gasteiger partial charge in [-0.2, -0.15) is 0 Å². The molecule has 0 aromatic carbocycles. The van der Waals surface area contributed by atoms with Crippen molar-refractivity contribution in [2.24, 2.45) is 5.73 Å². The highest BCUT2D eigenvalue weighted by molar-refractivity contribution is 5.82. The fourth-order valence-corrected chi connectivity index (χ4v) is 1.06. The van der Waals surface area contributed by atoms with Gasteiger partial charge in [0.05, 0.1) is 19.1 Å². The number of carboxylic acid groups (broad SMARTS) is 1. The summed E-state index contributed by atoms with van der Waals surface area (Å²) in [7, 11) is 0. The van der Waals surface area contributed by atoms with Crippen LogP contribution >= 0.6 is 0 Å². The molecule has 1 amide bonds. The molecule has 0 aliphatic carbocycles. The zero-order chi connectivity index (χ0) is 13.3. The Labute approximate surface area is 99.3 Å². The first-order chi connectivity index (χ1) is 7.97. The van der Waals surface area contributed by atoms with Gasteiger partial charge in [0, 0.05) is 13.0 Å². The molecule has 17 heavy (non-hydrogen) atoms. The summed E-state index contributed by atoms with van der Waals surface area (Å²) in [6.45, 7) is 2.13. The van der Waals surface area contributed by atoms with Crippen LogP contribution in [0.2, 0.25) is 0 Å². The van der Waals surface area contributed by atoms with Crippen molar-refractivity contribution in [1.82, 2.24) is 5.32 Å². The van der Waals surface area contributed by atoms with Crippen LogP contribution in [0.1, 0.15) is 26.2 Å². The first-order valence-electron chi connectivity index (χ1n) is 5.38. The third-order valence-electron chi connectivity index (χ3n) is 1.94. The van der Waals surface area contributed by atoms with Gasteiger partial charge in [-0.1, -0.05) is 0 Å². The fourth-order valence-electron chi connectivity index (χ4n) is 1.06. The van der Waals surface area contributed by atoms with E-state index in [1.807, 2.05) is 0 Å². The lowest BCUT2D eigenvalue weighted by Crippen LogP contribution is -2.41. The van der Waals surface area contributed by atoms with E-state index in [0.29, 0.717) is 6.61 Å². The molecular formula is C10H18N2O5. The number of carbonyl (C=O) groups is 3. The van der Waals surface area contributed by atoms with Crippen molar-refractivity contribution in [1.29, 1.82) is 0 Å². The molecule has 0 aliphatic rings. The number of carboxylic acids is 1. The van der Waals surface area contributed by atoms with Crippen LogP contribution in [0.5, 0.6) is 0 Å². The number of carbonyl (C=O) groups excluding carboxylic acids is 2. The van der Waals surface area contributed by atoms with Gasteiger partial charge in [-0.05, 0) is 13.3 Å². The largest absolute Gasteiger partial charge is 0.481 e. The molecule has 0 aliphatic heterocycles. The highest BCUT2D eigenvalue weighted by Crippen LogP contribution is 1.95. The van der Waals surface area contributed by atoms with Gasteiger partial charge in [-0.3, -0.25) is 14.4 Å². The quantitative estimate of drug-likeness (QED) is 0.485. The Morgan fingerprint density at radius 2 is 2.00 bits per heavy atom. The van der Waals surface area contributed by atoms with Crippen LogP contribution in [0, 0.1) is 0 Å². The molecule has 0 saturated heterocycles. The maximum absolute atomic E-state index is 11.3. The van der Waals surface area contributed by atoms with E-state index < -0.39 is 23.9 Å². The normalized spacial score (nSPS) is 11.6. The highest BCUT2D eigenvalue weighted by Gasteiger charge is 2.14. The molecule has 98 valence electrons. The van der Waals surface area contributed by atoms with Gasteiger partial charge in [-0.25, -0.2) is 0 Å². The lowest BCUT2D eigenvalue weighted by molar-refractivity contribution is -0.143. The van der Waals surface area contributed by atoms with Crippen molar-refractivity contribution in [3.8, 4) is 0 Å². The first-order valence-corrected chi connectivity index (χ1v) is 5.38. The molecule has 0 fully saturated rings. The van der Waals surface area contributed by atoms with Crippen molar-refractivity contribution >= 4 is 17.8 Å². The van der Waals surface area contributed by atoms with Gasteiger partial charge >= 0.3 is 11.9 Å². The lowest BCUT2D eigenvalue weighted by atomic mass is 10.1. The van der Waals surface area contributed by atoms with Crippen molar-refractivity contribution in [2.75, 3.05) is 13.2 Å². The van der Waals surface area contributed by atoms with Crippen LogP contribution in [0.15, 0.2) is 0 Å². The Kier molecular flexibility index (Phi) is 7.70. The standard InChI is InChI=1S/C10H18N2O5/c1-2-17-9(15)5-6-12-10(16)7(11)3-4-8(13)14/h7H,2-6,11H2,1H3,(H,12,16)(H,13,14). The van der Waals surface area contributed by atoms with Crippen molar-refractivity contribution in [3.63, 3.8) is 0 Å². The summed E-state index contributed by atoms with van der Waals surface area (Å²) in [4.78, 5) is 32.5. The van der Waals surface area contributed by atoms with E-state index in [2.05, 4.69) is 10.1 Å². The predicted molar refractivity (Wildman–Crippen MR) is 59.1 cm³/mol. The average Bonchev–Trinajstić information content (AvgIpc) is 2.25. The van der Waals surface area contributed by atoms with Gasteiger partial charge in [0.2, 0.25) is 5.91 Å². The summed E-state index contributed by atoms with van der Waals surface area (Å²) >= 11 is 0. The molecule has 0 aromatic heterocycles. The van der Waals surface area contributed by atoms with Gasteiger partial charge < -0.3 is 20.9 Å². The second-order valence-electron chi connectivity index (χ2n) is 3.38. The second-order valence-corrected chi connectivity index (χ2v) is 3.38. The van der Waals surface area contributed by atoms with Crippen molar-refractivity contribution in [2.45, 2.75) is 32.2 Å². The maximum atomic E-state index is 11.3. The molecular weight excluding hydrogens is 228 g/mol. The number of hydrogen-bond donors (Lipinski definition) is 3. The molecule has 0 rings (SSSR count). The van der Waals surface area contributed by atoms with Gasteiger partial charge in [0.1, 0.15) is 0 Å². The Morgan fingerprint density at radius 1 is 1.35 bits per heavy atom. The summed E-state index contributed by atoms with van der Waals surface area (Å²) in [5, 5.41) is 10.8. The number of ether oxygens (including phenoxy) is 1. The molecule has 0 radical (unpaired) electrons. The highest BCUT2D eigenvalue weighted by atomic mass is 16.5. The number of esters is 1. The summed E-state index contributed by atoms with van der Waals surface area (Å²) in [6.07, 6.45) is -0.0156. The Morgan fingerprint density at radius 3 is 2.53 bits per heavy atom. The monoisotopic (exact) mass is 246 g/mol. The van der Waals surface area contributed by atoms with Crippen LogP contribution < -0.4 is 11.1 Å². The van der Waals surface area contributed by atoms with Crippen molar-refractivity contribution in [3.05, 3.63) is 0 Å². The van der Waals surface area contributed by atoms with Crippen LogP contribution in [-0.4, -0.2) is 42.1 Å². The van der Waals surface area contributed by atoms with E-state index in [4.69, 9.17) is 10.8 Å². The minimum atomic E-state index is -1.00. The first kappa shape index (κ1) is 15.4. The third-order valence-corrected chi connectivity index (χ3v) is 1.94. The average molecular weight is 246 g/mol. The van der Waals surface area contributed by atoms with E-state index in [9.17, 15) is 14.4 Å². The minimum Gasteiger partial charge on any atom is -0.481 e. The lowest BCUT2D eigenvalue weighted by Gasteiger charge is -2.10. The predicted octanol–water partition coefficient (Wildman–Crippen LogP) is -0.752. The summed E-state index contributed by atoms with van der Waals surface area (Å²) < 4.78 is 4.66. The zero-order valence-electron chi connectivity index (χ0n) is 9.77. The van der Waals surface area contributed by atoms with Gasteiger partial charge in [-0.15, -0.1) is 0 Å². The molecule has 1 atom stereocenters. The smallest absolute Gasteiger partial charge is 0.307 e. The maximum Gasteiger partial charge on any atom is 0.307 e. The molecule has 1 unspecified atom stereocenters. The Balaban J connectivity index is 3.70. The number of hydrogen-bond acceptors (Lipinski definition) is 5.